The van der Waals surface area contributed by atoms with Crippen molar-refractivity contribution >= 4 is 5.91 Å². The lowest BCUT2D eigenvalue weighted by Gasteiger charge is -2.05. The van der Waals surface area contributed by atoms with Gasteiger partial charge in [-0.25, -0.2) is 0 Å². The molecule has 0 unspecified atom stereocenters. The van der Waals surface area contributed by atoms with E-state index in [4.69, 9.17) is 0 Å². The van der Waals surface area contributed by atoms with Gasteiger partial charge in [0.05, 0.1) is 6.54 Å². The molecule has 4 nitrogen and oxygen atoms in total. The lowest BCUT2D eigenvalue weighted by molar-refractivity contribution is -0.120. The molecule has 2 rings (SSSR count). The minimum Gasteiger partial charge on any atom is -0.355 e. The molecule has 0 aromatic carbocycles. The Labute approximate surface area is 102 Å². The molecule has 1 heterocycles. The van der Waals surface area contributed by atoms with Crippen molar-refractivity contribution in [1.82, 2.24) is 15.6 Å². The van der Waals surface area contributed by atoms with E-state index in [1.165, 1.54) is 12.8 Å². The number of rotatable bonds is 7. The van der Waals surface area contributed by atoms with E-state index < -0.39 is 0 Å². The van der Waals surface area contributed by atoms with Crippen LogP contribution < -0.4 is 10.6 Å². The fraction of sp³-hybridized carbons (Fsp3) is 0.538. The number of carbonyl (C=O) groups excluding carboxylic acids is 1. The number of hydrogen-bond acceptors (Lipinski definition) is 3. The summed E-state index contributed by atoms with van der Waals surface area (Å²) >= 11 is 0. The lowest BCUT2D eigenvalue weighted by Crippen LogP contribution is -2.35. The zero-order chi connectivity index (χ0) is 11.9. The van der Waals surface area contributed by atoms with E-state index in [1.807, 2.05) is 18.2 Å². The van der Waals surface area contributed by atoms with Crippen molar-refractivity contribution in [2.45, 2.75) is 19.3 Å². The molecule has 1 aromatic rings. The summed E-state index contributed by atoms with van der Waals surface area (Å²) in [6, 6.07) is 5.82. The van der Waals surface area contributed by atoms with Gasteiger partial charge in [0.2, 0.25) is 5.91 Å². The van der Waals surface area contributed by atoms with Crippen molar-refractivity contribution < 1.29 is 4.79 Å². The zero-order valence-corrected chi connectivity index (χ0v) is 9.98. The molecule has 1 aliphatic carbocycles. The second kappa shape index (κ2) is 6.35. The van der Waals surface area contributed by atoms with Crippen LogP contribution in [0, 0.1) is 5.92 Å². The Morgan fingerprint density at radius 2 is 2.29 bits per heavy atom. The predicted octanol–water partition coefficient (Wildman–Crippen LogP) is 0.740. The summed E-state index contributed by atoms with van der Waals surface area (Å²) in [7, 11) is 0. The largest absolute Gasteiger partial charge is 0.355 e. The fourth-order valence-corrected chi connectivity index (χ4v) is 1.65. The van der Waals surface area contributed by atoms with E-state index >= 15 is 0 Å². The zero-order valence-electron chi connectivity index (χ0n) is 9.98. The van der Waals surface area contributed by atoms with Gasteiger partial charge in [0.1, 0.15) is 0 Å². The normalized spacial score (nSPS) is 14.6. The van der Waals surface area contributed by atoms with Crippen molar-refractivity contribution in [1.29, 1.82) is 0 Å². The van der Waals surface area contributed by atoms with Gasteiger partial charge in [-0.3, -0.25) is 9.78 Å². The second-order valence-electron chi connectivity index (χ2n) is 4.50. The highest BCUT2D eigenvalue weighted by Crippen LogP contribution is 2.27. The molecule has 1 fully saturated rings. The maximum Gasteiger partial charge on any atom is 0.233 e. The highest BCUT2D eigenvalue weighted by molar-refractivity contribution is 5.77. The summed E-state index contributed by atoms with van der Waals surface area (Å²) in [6.45, 7) is 2.06. The standard InChI is InChI=1S/C13H19N3O/c17-13(10-14-9-11-4-5-11)16-8-6-12-3-1-2-7-15-12/h1-3,7,11,14H,4-6,8-10H2,(H,16,17). The number of nitrogens with one attached hydrogen (secondary N) is 2. The van der Waals surface area contributed by atoms with E-state index in [2.05, 4.69) is 15.6 Å². The SMILES string of the molecule is O=C(CNCC1CC1)NCCc1ccccn1. The quantitative estimate of drug-likeness (QED) is 0.730. The summed E-state index contributed by atoms with van der Waals surface area (Å²) in [6.07, 6.45) is 5.19. The predicted molar refractivity (Wildman–Crippen MR) is 66.5 cm³/mol. The van der Waals surface area contributed by atoms with Gasteiger partial charge in [0.15, 0.2) is 0 Å². The highest BCUT2D eigenvalue weighted by atomic mass is 16.1. The summed E-state index contributed by atoms with van der Waals surface area (Å²) in [4.78, 5) is 15.6. The molecule has 1 amide bonds. The second-order valence-corrected chi connectivity index (χ2v) is 4.50. The molecular weight excluding hydrogens is 214 g/mol. The molecule has 2 N–H and O–H groups in total. The van der Waals surface area contributed by atoms with E-state index in [-0.39, 0.29) is 5.91 Å². The number of pyridine rings is 1. The van der Waals surface area contributed by atoms with Gasteiger partial charge in [0, 0.05) is 24.9 Å². The van der Waals surface area contributed by atoms with Crippen LogP contribution in [0.15, 0.2) is 24.4 Å². The molecule has 1 aliphatic rings. The van der Waals surface area contributed by atoms with Crippen LogP contribution in [0.2, 0.25) is 0 Å². The van der Waals surface area contributed by atoms with Crippen LogP contribution in [0.3, 0.4) is 0 Å². The number of aromatic nitrogens is 1. The molecule has 0 saturated heterocycles. The molecule has 0 atom stereocenters. The number of amides is 1. The third kappa shape index (κ3) is 4.95. The third-order valence-corrected chi connectivity index (χ3v) is 2.84. The van der Waals surface area contributed by atoms with Gasteiger partial charge in [0.25, 0.3) is 0 Å². The molecule has 92 valence electrons. The monoisotopic (exact) mass is 233 g/mol. The van der Waals surface area contributed by atoms with Crippen molar-refractivity contribution in [3.63, 3.8) is 0 Å². The minimum atomic E-state index is 0.0709. The molecule has 0 aliphatic heterocycles. The maximum atomic E-state index is 11.4. The van der Waals surface area contributed by atoms with Gasteiger partial charge < -0.3 is 10.6 Å². The van der Waals surface area contributed by atoms with Crippen LogP contribution in [0.5, 0.6) is 0 Å². The van der Waals surface area contributed by atoms with Gasteiger partial charge in [-0.1, -0.05) is 6.07 Å². The average Bonchev–Trinajstić information content (AvgIpc) is 3.14. The first-order valence-electron chi connectivity index (χ1n) is 6.22. The van der Waals surface area contributed by atoms with Gasteiger partial charge in [-0.15, -0.1) is 0 Å². The van der Waals surface area contributed by atoms with Gasteiger partial charge in [-0.05, 0) is 37.4 Å². The average molecular weight is 233 g/mol. The van der Waals surface area contributed by atoms with Crippen LogP contribution >= 0.6 is 0 Å². The summed E-state index contributed by atoms with van der Waals surface area (Å²) in [5.41, 5.74) is 1.01. The molecule has 17 heavy (non-hydrogen) atoms. The molecular formula is C13H19N3O. The molecule has 1 aromatic heterocycles. The molecule has 4 heteroatoms. The van der Waals surface area contributed by atoms with E-state index in [0.29, 0.717) is 13.1 Å². The van der Waals surface area contributed by atoms with E-state index in [1.54, 1.807) is 6.20 Å². The first-order chi connectivity index (χ1) is 8.34. The minimum absolute atomic E-state index is 0.0709. The first kappa shape index (κ1) is 12.0. The number of carbonyl (C=O) groups is 1. The Balaban J connectivity index is 1.53. The van der Waals surface area contributed by atoms with Crippen molar-refractivity contribution in [2.24, 2.45) is 5.92 Å². The topological polar surface area (TPSA) is 54.0 Å². The van der Waals surface area contributed by atoms with Crippen LogP contribution in [-0.4, -0.2) is 30.5 Å². The van der Waals surface area contributed by atoms with Gasteiger partial charge in [-0.2, -0.15) is 0 Å². The Bertz CT molecular complexity index is 349. The fourth-order valence-electron chi connectivity index (χ4n) is 1.65. The Kier molecular flexibility index (Phi) is 4.50. The van der Waals surface area contributed by atoms with Crippen molar-refractivity contribution in [3.8, 4) is 0 Å². The maximum absolute atomic E-state index is 11.4. The summed E-state index contributed by atoms with van der Waals surface area (Å²) in [5.74, 6) is 0.887. The first-order valence-corrected chi connectivity index (χ1v) is 6.22. The van der Waals surface area contributed by atoms with Crippen LogP contribution in [0.4, 0.5) is 0 Å². The van der Waals surface area contributed by atoms with Crippen LogP contribution in [0.25, 0.3) is 0 Å². The van der Waals surface area contributed by atoms with Crippen LogP contribution in [0.1, 0.15) is 18.5 Å². The number of nitrogens with zero attached hydrogens (tertiary/aromatic N) is 1. The Morgan fingerprint density at radius 3 is 3.00 bits per heavy atom. The molecule has 0 bridgehead atoms. The van der Waals surface area contributed by atoms with Crippen molar-refractivity contribution in [3.05, 3.63) is 30.1 Å². The third-order valence-electron chi connectivity index (χ3n) is 2.84. The van der Waals surface area contributed by atoms with Crippen LogP contribution in [-0.2, 0) is 11.2 Å². The summed E-state index contributed by atoms with van der Waals surface area (Å²) in [5, 5.41) is 6.05. The molecule has 1 saturated carbocycles. The highest BCUT2D eigenvalue weighted by Gasteiger charge is 2.20. The molecule has 0 spiro atoms. The smallest absolute Gasteiger partial charge is 0.233 e. The Hall–Kier alpha value is -1.42. The lowest BCUT2D eigenvalue weighted by atomic mass is 10.3. The summed E-state index contributed by atoms with van der Waals surface area (Å²) < 4.78 is 0. The number of hydrogen-bond donors (Lipinski definition) is 2. The Morgan fingerprint density at radius 1 is 1.41 bits per heavy atom. The van der Waals surface area contributed by atoms with Crippen molar-refractivity contribution in [2.75, 3.05) is 19.6 Å². The van der Waals surface area contributed by atoms with E-state index in [0.717, 1.165) is 24.6 Å². The van der Waals surface area contributed by atoms with E-state index in [9.17, 15) is 4.79 Å². The van der Waals surface area contributed by atoms with Gasteiger partial charge >= 0.3 is 0 Å². The molecule has 0 radical (unpaired) electrons.